The molecule has 0 amide bonds. The highest BCUT2D eigenvalue weighted by atomic mass is 32.1. The van der Waals surface area contributed by atoms with E-state index in [-0.39, 0.29) is 34.0 Å². The average Bonchev–Trinajstić information content (AvgIpc) is 3.65. The zero-order chi connectivity index (χ0) is 39.8. The Morgan fingerprint density at radius 3 is 1.92 bits per heavy atom. The van der Waals surface area contributed by atoms with Crippen molar-refractivity contribution in [3.63, 3.8) is 0 Å². The maximum atomic E-state index is 9.30. The van der Waals surface area contributed by atoms with Crippen molar-refractivity contribution in [1.82, 2.24) is 15.0 Å². The van der Waals surface area contributed by atoms with Crippen LogP contribution in [0.1, 0.15) is 9.60 Å². The van der Waals surface area contributed by atoms with Crippen LogP contribution in [-0.2, 0) is 0 Å². The van der Waals surface area contributed by atoms with Crippen molar-refractivity contribution < 1.29 is 9.60 Å². The third-order valence-corrected chi connectivity index (χ3v) is 10.3. The van der Waals surface area contributed by atoms with Gasteiger partial charge in [-0.15, -0.1) is 11.3 Å². The van der Waals surface area contributed by atoms with Crippen LogP contribution in [0.3, 0.4) is 0 Å². The Bertz CT molecular complexity index is 3330. The van der Waals surface area contributed by atoms with E-state index < -0.39 is 36.3 Å². The lowest BCUT2D eigenvalue weighted by atomic mass is 9.97. The first-order chi connectivity index (χ1) is 28.2. The molecule has 0 bridgehead atoms. The quantitative estimate of drug-likeness (QED) is 0.182. The zero-order valence-corrected chi connectivity index (χ0v) is 27.8. The van der Waals surface area contributed by atoms with E-state index in [1.54, 1.807) is 11.3 Å². The Morgan fingerprint density at radius 2 is 1.06 bits per heavy atom. The number of rotatable bonds is 5. The van der Waals surface area contributed by atoms with Crippen molar-refractivity contribution in [2.45, 2.75) is 0 Å². The summed E-state index contributed by atoms with van der Waals surface area (Å²) in [4.78, 5) is 14.8. The molecule has 0 aliphatic rings. The van der Waals surface area contributed by atoms with Gasteiger partial charge in [-0.1, -0.05) is 145 Å². The van der Waals surface area contributed by atoms with Gasteiger partial charge >= 0.3 is 0 Å². The SMILES string of the molecule is [2H]c1c([2H])c([2H])c2c([2H])c(-c3nc(-c4cccc(-c5ccc(-c6ccc7ccccc7c6)cc5)c4)nc(-c4cccc5sc6ccccc6c45)n3)c([2H])c([2H])c2c1[2H]. The van der Waals surface area contributed by atoms with Crippen molar-refractivity contribution >= 4 is 53.1 Å². The molecular formula is C47H29N3S. The Hall–Kier alpha value is -6.49. The van der Waals surface area contributed by atoms with Crippen LogP contribution in [0.5, 0.6) is 0 Å². The van der Waals surface area contributed by atoms with Crippen molar-refractivity contribution in [2.24, 2.45) is 0 Å². The van der Waals surface area contributed by atoms with E-state index in [0.717, 1.165) is 48.0 Å². The Labute approximate surface area is 309 Å². The summed E-state index contributed by atoms with van der Waals surface area (Å²) >= 11 is 1.66. The first-order valence-corrected chi connectivity index (χ1v) is 17.3. The summed E-state index contributed by atoms with van der Waals surface area (Å²) in [6.45, 7) is 0. The predicted molar refractivity (Wildman–Crippen MR) is 215 cm³/mol. The van der Waals surface area contributed by atoms with Gasteiger partial charge in [0.15, 0.2) is 17.5 Å². The molecular weight excluding hydrogens is 639 g/mol. The van der Waals surface area contributed by atoms with E-state index in [9.17, 15) is 1.37 Å². The number of fused-ring (bicyclic) bond motifs is 5. The second-order valence-corrected chi connectivity index (χ2v) is 13.4. The van der Waals surface area contributed by atoms with Crippen LogP contribution in [0.4, 0.5) is 0 Å². The molecule has 10 rings (SSSR count). The average molecular weight is 675 g/mol. The predicted octanol–water partition coefficient (Wildman–Crippen LogP) is 12.9. The maximum absolute atomic E-state index is 9.30. The first kappa shape index (κ1) is 23.0. The van der Waals surface area contributed by atoms with Crippen LogP contribution in [0, 0.1) is 0 Å². The largest absolute Gasteiger partial charge is 0.208 e. The summed E-state index contributed by atoms with van der Waals surface area (Å²) in [5, 5.41) is 4.01. The summed E-state index contributed by atoms with van der Waals surface area (Å²) in [5.41, 5.74) is 5.41. The topological polar surface area (TPSA) is 38.7 Å². The molecule has 0 saturated heterocycles. The van der Waals surface area contributed by atoms with Crippen molar-refractivity contribution in [3.05, 3.63) is 176 Å². The zero-order valence-electron chi connectivity index (χ0n) is 34.0. The monoisotopic (exact) mass is 674 g/mol. The van der Waals surface area contributed by atoms with Gasteiger partial charge in [0.2, 0.25) is 0 Å². The van der Waals surface area contributed by atoms with E-state index in [1.165, 1.54) is 10.8 Å². The third-order valence-electron chi connectivity index (χ3n) is 9.17. The van der Waals surface area contributed by atoms with Crippen molar-refractivity contribution in [3.8, 4) is 56.4 Å². The van der Waals surface area contributed by atoms with E-state index in [4.69, 9.17) is 23.2 Å². The fourth-order valence-electron chi connectivity index (χ4n) is 6.65. The highest BCUT2D eigenvalue weighted by Gasteiger charge is 2.17. The number of hydrogen-bond acceptors (Lipinski definition) is 4. The minimum atomic E-state index is -0.526. The third kappa shape index (κ3) is 5.34. The molecule has 0 spiro atoms. The van der Waals surface area contributed by atoms with Gasteiger partial charge in [-0.3, -0.25) is 0 Å². The molecule has 0 radical (unpaired) electrons. The molecule has 10 aromatic rings. The Morgan fingerprint density at radius 1 is 0.412 bits per heavy atom. The second-order valence-electron chi connectivity index (χ2n) is 12.3. The summed E-state index contributed by atoms with van der Waals surface area (Å²) in [6, 6.07) is 41.8. The molecule has 238 valence electrons. The van der Waals surface area contributed by atoms with Crippen LogP contribution >= 0.6 is 11.3 Å². The molecule has 8 aromatic carbocycles. The lowest BCUT2D eigenvalue weighted by Gasteiger charge is -2.11. The van der Waals surface area contributed by atoms with Gasteiger partial charge in [0, 0.05) is 36.9 Å². The highest BCUT2D eigenvalue weighted by Crippen LogP contribution is 2.40. The summed E-state index contributed by atoms with van der Waals surface area (Å²) in [5.74, 6) is 0.547. The van der Waals surface area contributed by atoms with Crippen molar-refractivity contribution in [1.29, 1.82) is 0 Å². The molecule has 0 aliphatic carbocycles. The lowest BCUT2D eigenvalue weighted by molar-refractivity contribution is 1.08. The van der Waals surface area contributed by atoms with Crippen LogP contribution in [0.25, 0.3) is 98.1 Å². The number of nitrogens with zero attached hydrogens (tertiary/aromatic N) is 3. The Kier molecular flexibility index (Phi) is 5.47. The molecule has 3 nitrogen and oxygen atoms in total. The minimum absolute atomic E-state index is 0.0421. The molecule has 0 fully saturated rings. The standard InChI is InChI=1S/C47H29N3S/c1-3-11-34-27-37(25-23-30(34)9-1)33-21-19-32(20-22-33)36-13-7-14-38(28-36)45-48-46(39-26-24-31-10-2-4-12-35(31)29-39)50-47(49-45)41-16-8-18-43-44(41)40-15-5-6-17-42(40)51-43/h1-29H/i2D,4D,10D,12D,24D,26D,29D. The van der Waals surface area contributed by atoms with Crippen LogP contribution in [0.2, 0.25) is 0 Å². The van der Waals surface area contributed by atoms with Crippen LogP contribution < -0.4 is 0 Å². The molecule has 51 heavy (non-hydrogen) atoms. The fourth-order valence-corrected chi connectivity index (χ4v) is 7.79. The molecule has 0 unspecified atom stereocenters. The van der Waals surface area contributed by atoms with Gasteiger partial charge in [0.25, 0.3) is 0 Å². The number of thiophene rings is 1. The van der Waals surface area contributed by atoms with E-state index in [1.807, 2.05) is 66.7 Å². The minimum Gasteiger partial charge on any atom is -0.208 e. The van der Waals surface area contributed by atoms with Gasteiger partial charge in [0.05, 0.1) is 9.60 Å². The van der Waals surface area contributed by atoms with E-state index in [0.29, 0.717) is 11.4 Å². The summed E-state index contributed by atoms with van der Waals surface area (Å²) in [6.07, 6.45) is 0. The summed E-state index contributed by atoms with van der Waals surface area (Å²) in [7, 11) is 0. The molecule has 0 atom stereocenters. The number of aromatic nitrogens is 3. The molecule has 0 saturated carbocycles. The molecule has 2 aromatic heterocycles. The highest BCUT2D eigenvalue weighted by molar-refractivity contribution is 7.25. The second kappa shape index (κ2) is 12.1. The fraction of sp³-hybridized carbons (Fsp3) is 0. The summed E-state index contributed by atoms with van der Waals surface area (Å²) < 4.78 is 63.2. The normalized spacial score (nSPS) is 13.5. The van der Waals surface area contributed by atoms with Gasteiger partial charge < -0.3 is 0 Å². The maximum Gasteiger partial charge on any atom is 0.164 e. The van der Waals surface area contributed by atoms with E-state index >= 15 is 0 Å². The van der Waals surface area contributed by atoms with Gasteiger partial charge in [-0.2, -0.15) is 0 Å². The number of benzene rings is 8. The molecule has 4 heteroatoms. The number of hydrogen-bond donors (Lipinski definition) is 0. The van der Waals surface area contributed by atoms with E-state index in [2.05, 4.69) is 66.7 Å². The molecule has 0 aliphatic heterocycles. The van der Waals surface area contributed by atoms with Gasteiger partial charge in [-0.25, -0.2) is 15.0 Å². The van der Waals surface area contributed by atoms with Gasteiger partial charge in [0.1, 0.15) is 0 Å². The Balaban J connectivity index is 1.16. The molecule has 2 heterocycles. The van der Waals surface area contributed by atoms with Crippen molar-refractivity contribution in [2.75, 3.05) is 0 Å². The van der Waals surface area contributed by atoms with Crippen LogP contribution in [-0.4, -0.2) is 15.0 Å². The lowest BCUT2D eigenvalue weighted by Crippen LogP contribution is -2.00. The first-order valence-electron chi connectivity index (χ1n) is 20.0. The molecule has 0 N–H and O–H groups in total. The van der Waals surface area contributed by atoms with Crippen LogP contribution in [0.15, 0.2) is 176 Å². The smallest absolute Gasteiger partial charge is 0.164 e. The van der Waals surface area contributed by atoms with Gasteiger partial charge in [-0.05, 0) is 74.1 Å².